The summed E-state index contributed by atoms with van der Waals surface area (Å²) in [4.78, 5) is 23.1. The molecule has 2 unspecified atom stereocenters. The van der Waals surface area contributed by atoms with Crippen molar-refractivity contribution < 1.29 is 9.59 Å². The molecule has 2 atom stereocenters. The van der Waals surface area contributed by atoms with E-state index in [-0.39, 0.29) is 10.2 Å². The van der Waals surface area contributed by atoms with Crippen LogP contribution in [0.2, 0.25) is 0 Å². The molecule has 0 aliphatic rings. The highest BCUT2D eigenvalue weighted by molar-refractivity contribution is 7.96. The van der Waals surface area contributed by atoms with Gasteiger partial charge in [-0.1, -0.05) is 73.5 Å². The monoisotopic (exact) mass is 414 g/mol. The van der Waals surface area contributed by atoms with Crippen molar-refractivity contribution in [3.05, 3.63) is 71.8 Å². The van der Waals surface area contributed by atoms with E-state index in [2.05, 4.69) is 49.5 Å². The van der Waals surface area contributed by atoms with Crippen molar-refractivity contribution in [1.82, 2.24) is 0 Å². The van der Waals surface area contributed by atoms with Crippen LogP contribution in [0.3, 0.4) is 0 Å². The first-order valence-corrected chi connectivity index (χ1v) is 10.9. The van der Waals surface area contributed by atoms with Crippen molar-refractivity contribution in [1.29, 1.82) is 0 Å². The van der Waals surface area contributed by atoms with Gasteiger partial charge in [-0.2, -0.15) is 0 Å². The number of carbonyl (C=O) groups is 2. The third-order valence-corrected chi connectivity index (χ3v) is 5.50. The van der Waals surface area contributed by atoms with Gasteiger partial charge in [0.25, 0.3) is 0 Å². The van der Waals surface area contributed by atoms with Crippen molar-refractivity contribution >= 4 is 35.5 Å². The molecule has 150 valence electrons. The third-order valence-electron chi connectivity index (χ3n) is 5.14. The Morgan fingerprint density at radius 2 is 1.00 bits per heavy atom. The molecule has 2 aromatic rings. The number of unbranched alkanes of at least 4 members (excludes halogenated alkanes) is 1. The average Bonchev–Trinajstić information content (AvgIpc) is 2.65. The first-order chi connectivity index (χ1) is 13.5. The molecule has 0 radical (unpaired) electrons. The van der Waals surface area contributed by atoms with E-state index in [1.54, 1.807) is 0 Å². The van der Waals surface area contributed by atoms with Crippen molar-refractivity contribution in [2.24, 2.45) is 11.8 Å². The summed E-state index contributed by atoms with van der Waals surface area (Å²) in [6.45, 7) is 0. The van der Waals surface area contributed by atoms with E-state index in [0.29, 0.717) is 24.7 Å². The Hall–Kier alpha value is -1.52. The van der Waals surface area contributed by atoms with Crippen LogP contribution < -0.4 is 0 Å². The maximum Gasteiger partial charge on any atom is 0.186 e. The Labute approximate surface area is 180 Å². The molecule has 0 saturated heterocycles. The predicted octanol–water partition coefficient (Wildman–Crippen LogP) is 5.96. The van der Waals surface area contributed by atoms with E-state index in [9.17, 15) is 9.59 Å². The van der Waals surface area contributed by atoms with E-state index in [0.717, 1.165) is 38.5 Å². The fourth-order valence-electron chi connectivity index (χ4n) is 3.81. The van der Waals surface area contributed by atoms with E-state index < -0.39 is 0 Å². The summed E-state index contributed by atoms with van der Waals surface area (Å²) < 4.78 is 0. The van der Waals surface area contributed by atoms with Crippen LogP contribution in [0.5, 0.6) is 0 Å². The maximum absolute atomic E-state index is 11.5. The van der Waals surface area contributed by atoms with Crippen molar-refractivity contribution in [2.45, 2.75) is 51.4 Å². The molecule has 4 heteroatoms. The van der Waals surface area contributed by atoms with Gasteiger partial charge in [0.1, 0.15) is 0 Å². The molecule has 0 aliphatic heterocycles. The van der Waals surface area contributed by atoms with Gasteiger partial charge in [-0.05, 0) is 48.6 Å². The minimum absolute atomic E-state index is 0.0384. The fourth-order valence-corrected chi connectivity index (χ4v) is 4.32. The lowest BCUT2D eigenvalue weighted by atomic mass is 9.88. The number of benzene rings is 2. The molecule has 28 heavy (non-hydrogen) atoms. The second kappa shape index (κ2) is 12.8. The number of carbonyl (C=O) groups excluding carboxylic acids is 2. The summed E-state index contributed by atoms with van der Waals surface area (Å²) in [7, 11) is 0. The molecule has 0 heterocycles. The Bertz CT molecular complexity index is 652. The predicted molar refractivity (Wildman–Crippen MR) is 123 cm³/mol. The summed E-state index contributed by atoms with van der Waals surface area (Å²) in [5, 5.41) is -0.0767. The van der Waals surface area contributed by atoms with Gasteiger partial charge in [0.15, 0.2) is 10.2 Å². The summed E-state index contributed by atoms with van der Waals surface area (Å²) in [6, 6.07) is 20.6. The standard InChI is InChI=1S/C24H30O2S2/c25-23(27)17-21(15-19-9-3-1-4-10-19)13-7-8-14-22(18-24(26)28)16-20-11-5-2-6-12-20/h1-6,9-12,21-22H,7-8,13-18H2,(H,25,27)(H,26,28). The van der Waals surface area contributed by atoms with Gasteiger partial charge >= 0.3 is 0 Å². The average molecular weight is 415 g/mol. The molecule has 2 nitrogen and oxygen atoms in total. The van der Waals surface area contributed by atoms with Gasteiger partial charge in [0.2, 0.25) is 0 Å². The van der Waals surface area contributed by atoms with Crippen LogP contribution >= 0.6 is 25.3 Å². The van der Waals surface area contributed by atoms with Gasteiger partial charge in [-0.15, -0.1) is 25.3 Å². The maximum atomic E-state index is 11.5. The lowest BCUT2D eigenvalue weighted by Gasteiger charge is -2.18. The van der Waals surface area contributed by atoms with Crippen LogP contribution in [0.25, 0.3) is 0 Å². The van der Waals surface area contributed by atoms with Crippen molar-refractivity contribution in [3.8, 4) is 0 Å². The zero-order valence-electron chi connectivity index (χ0n) is 16.3. The molecule has 0 aromatic heterocycles. The van der Waals surface area contributed by atoms with Crippen molar-refractivity contribution in [3.63, 3.8) is 0 Å². The number of hydrogen-bond acceptors (Lipinski definition) is 2. The minimum Gasteiger partial charge on any atom is -0.287 e. The highest BCUT2D eigenvalue weighted by atomic mass is 32.1. The molecule has 0 amide bonds. The normalized spacial score (nSPS) is 13.1. The molecule has 2 rings (SSSR count). The Balaban J connectivity index is 1.82. The fraction of sp³-hybridized carbons (Fsp3) is 0.417. The van der Waals surface area contributed by atoms with Crippen LogP contribution in [-0.4, -0.2) is 10.2 Å². The molecule has 2 aromatic carbocycles. The topological polar surface area (TPSA) is 34.1 Å². The van der Waals surface area contributed by atoms with Gasteiger partial charge in [-0.25, -0.2) is 0 Å². The van der Waals surface area contributed by atoms with Gasteiger partial charge in [0, 0.05) is 12.8 Å². The second-order valence-electron chi connectivity index (χ2n) is 7.59. The Morgan fingerprint density at radius 3 is 1.32 bits per heavy atom. The number of rotatable bonds is 13. The molecule has 0 N–H and O–H groups in total. The minimum atomic E-state index is -0.0384. The van der Waals surface area contributed by atoms with Gasteiger partial charge in [-0.3, -0.25) is 9.59 Å². The molecular formula is C24H30O2S2. The summed E-state index contributed by atoms with van der Waals surface area (Å²) >= 11 is 7.98. The van der Waals surface area contributed by atoms with Gasteiger partial charge in [0.05, 0.1) is 0 Å². The Morgan fingerprint density at radius 1 is 0.643 bits per heavy atom. The first kappa shape index (κ1) is 22.8. The quantitative estimate of drug-likeness (QED) is 0.313. The number of thiol groups is 2. The van der Waals surface area contributed by atoms with Crippen LogP contribution in [0, 0.1) is 11.8 Å². The van der Waals surface area contributed by atoms with E-state index in [1.165, 1.54) is 11.1 Å². The van der Waals surface area contributed by atoms with Crippen LogP contribution in [0.4, 0.5) is 0 Å². The molecule has 0 spiro atoms. The van der Waals surface area contributed by atoms with Crippen molar-refractivity contribution in [2.75, 3.05) is 0 Å². The zero-order chi connectivity index (χ0) is 20.2. The highest BCUT2D eigenvalue weighted by Crippen LogP contribution is 2.24. The highest BCUT2D eigenvalue weighted by Gasteiger charge is 2.15. The first-order valence-electron chi connectivity index (χ1n) is 10.0. The van der Waals surface area contributed by atoms with E-state index in [1.807, 2.05) is 36.4 Å². The summed E-state index contributed by atoms with van der Waals surface area (Å²) in [5.74, 6) is 0.651. The van der Waals surface area contributed by atoms with E-state index in [4.69, 9.17) is 0 Å². The lowest BCUT2D eigenvalue weighted by Crippen LogP contribution is -2.11. The van der Waals surface area contributed by atoms with Crippen LogP contribution in [0.15, 0.2) is 60.7 Å². The summed E-state index contributed by atoms with van der Waals surface area (Å²) in [6.07, 6.45) is 6.99. The van der Waals surface area contributed by atoms with Gasteiger partial charge < -0.3 is 0 Å². The van der Waals surface area contributed by atoms with E-state index >= 15 is 0 Å². The lowest BCUT2D eigenvalue weighted by molar-refractivity contribution is -0.112. The third kappa shape index (κ3) is 9.61. The van der Waals surface area contributed by atoms with Crippen LogP contribution in [0.1, 0.15) is 49.7 Å². The molecular weight excluding hydrogens is 384 g/mol. The zero-order valence-corrected chi connectivity index (χ0v) is 18.1. The molecule has 0 bridgehead atoms. The Kier molecular flexibility index (Phi) is 10.4. The van der Waals surface area contributed by atoms with Crippen LogP contribution in [-0.2, 0) is 22.4 Å². The summed E-state index contributed by atoms with van der Waals surface area (Å²) in [5.41, 5.74) is 2.54. The molecule has 0 saturated carbocycles. The SMILES string of the molecule is O=C(S)CC(CCCCC(CC(=O)S)Cc1ccccc1)Cc1ccccc1. The molecule has 0 aliphatic carbocycles. The number of hydrogen-bond donors (Lipinski definition) is 2. The second-order valence-corrected chi connectivity index (χ2v) is 8.59. The smallest absolute Gasteiger partial charge is 0.186 e. The largest absolute Gasteiger partial charge is 0.287 e. The molecule has 0 fully saturated rings.